The summed E-state index contributed by atoms with van der Waals surface area (Å²) < 4.78 is 1.72. The number of rotatable bonds is 9. The summed E-state index contributed by atoms with van der Waals surface area (Å²) in [5, 5.41) is 18.5. The molecule has 0 aromatic carbocycles. The molecular formula is C13H24N4O2. The number of aryl methyl sites for hydroxylation is 2. The average Bonchev–Trinajstić information content (AvgIpc) is 2.66. The summed E-state index contributed by atoms with van der Waals surface area (Å²) >= 11 is 0. The number of nitro groups is 1. The average molecular weight is 268 g/mol. The van der Waals surface area contributed by atoms with Gasteiger partial charge >= 0.3 is 5.69 Å². The molecule has 108 valence electrons. The van der Waals surface area contributed by atoms with Crippen LogP contribution in [0.4, 0.5) is 11.5 Å². The van der Waals surface area contributed by atoms with Crippen molar-refractivity contribution in [1.82, 2.24) is 9.78 Å². The second kappa shape index (κ2) is 7.76. The Kier molecular flexibility index (Phi) is 6.32. The molecule has 0 aliphatic carbocycles. The van der Waals surface area contributed by atoms with Crippen molar-refractivity contribution in [3.8, 4) is 0 Å². The molecule has 1 aromatic rings. The van der Waals surface area contributed by atoms with Gasteiger partial charge in [-0.15, -0.1) is 0 Å². The molecule has 0 fully saturated rings. The van der Waals surface area contributed by atoms with Crippen LogP contribution < -0.4 is 5.32 Å². The van der Waals surface area contributed by atoms with Gasteiger partial charge < -0.3 is 5.32 Å². The van der Waals surface area contributed by atoms with E-state index >= 15 is 0 Å². The first-order valence-corrected chi connectivity index (χ1v) is 7.07. The Morgan fingerprint density at radius 1 is 1.26 bits per heavy atom. The minimum Gasteiger partial charge on any atom is -0.365 e. The molecule has 0 saturated carbocycles. The lowest BCUT2D eigenvalue weighted by atomic mass is 10.2. The first-order valence-electron chi connectivity index (χ1n) is 7.07. The van der Waals surface area contributed by atoms with Gasteiger partial charge in [0.05, 0.1) is 4.92 Å². The number of nitrogens with one attached hydrogen (secondary N) is 1. The maximum absolute atomic E-state index is 11.1. The smallest absolute Gasteiger partial charge is 0.333 e. The molecule has 1 rings (SSSR count). The second-order valence-corrected chi connectivity index (χ2v) is 4.75. The normalized spacial score (nSPS) is 10.7. The lowest BCUT2D eigenvalue weighted by Crippen LogP contribution is -2.10. The molecule has 1 N–H and O–H groups in total. The van der Waals surface area contributed by atoms with Gasteiger partial charge in [0.25, 0.3) is 0 Å². The number of unbranched alkanes of at least 4 members (excludes halogenated alkanes) is 3. The summed E-state index contributed by atoms with van der Waals surface area (Å²) in [5.74, 6) is 0.556. The first kappa shape index (κ1) is 15.5. The summed E-state index contributed by atoms with van der Waals surface area (Å²) in [7, 11) is 0. The van der Waals surface area contributed by atoms with E-state index in [1.165, 1.54) is 12.8 Å². The molecule has 0 amide bonds. The van der Waals surface area contributed by atoms with Crippen molar-refractivity contribution < 1.29 is 4.92 Å². The predicted octanol–water partition coefficient (Wildman–Crippen LogP) is 3.50. The van der Waals surface area contributed by atoms with Crippen LogP contribution in [0, 0.1) is 17.0 Å². The van der Waals surface area contributed by atoms with Crippen molar-refractivity contribution in [1.29, 1.82) is 0 Å². The molecule has 1 aromatic heterocycles. The van der Waals surface area contributed by atoms with Crippen LogP contribution in [0.5, 0.6) is 0 Å². The van der Waals surface area contributed by atoms with E-state index in [1.54, 1.807) is 11.6 Å². The summed E-state index contributed by atoms with van der Waals surface area (Å²) in [6.45, 7) is 7.35. The Morgan fingerprint density at radius 2 is 2.00 bits per heavy atom. The van der Waals surface area contributed by atoms with Gasteiger partial charge in [0, 0.05) is 13.1 Å². The SMILES string of the molecule is CCCCCCNc1c([N+](=O)[O-])c(C)nn1CCC. The fourth-order valence-corrected chi connectivity index (χ4v) is 2.10. The third-order valence-electron chi connectivity index (χ3n) is 3.04. The Balaban J connectivity index is 2.74. The van der Waals surface area contributed by atoms with E-state index < -0.39 is 0 Å². The van der Waals surface area contributed by atoms with Crippen LogP contribution >= 0.6 is 0 Å². The maximum Gasteiger partial charge on any atom is 0.333 e. The number of hydrogen-bond donors (Lipinski definition) is 1. The zero-order valence-corrected chi connectivity index (χ0v) is 12.1. The monoisotopic (exact) mass is 268 g/mol. The van der Waals surface area contributed by atoms with Gasteiger partial charge in [-0.3, -0.25) is 10.1 Å². The van der Waals surface area contributed by atoms with Gasteiger partial charge in [-0.1, -0.05) is 33.1 Å². The van der Waals surface area contributed by atoms with Crippen LogP contribution in [0.1, 0.15) is 51.6 Å². The van der Waals surface area contributed by atoms with Crippen molar-refractivity contribution in [3.63, 3.8) is 0 Å². The van der Waals surface area contributed by atoms with Crippen LogP contribution in [-0.4, -0.2) is 21.2 Å². The third-order valence-corrected chi connectivity index (χ3v) is 3.04. The van der Waals surface area contributed by atoms with Crippen molar-refractivity contribution in [3.05, 3.63) is 15.8 Å². The van der Waals surface area contributed by atoms with Crippen molar-refractivity contribution >= 4 is 11.5 Å². The zero-order chi connectivity index (χ0) is 14.3. The third kappa shape index (κ3) is 4.22. The Hall–Kier alpha value is -1.59. The molecule has 0 saturated heterocycles. The summed E-state index contributed by atoms with van der Waals surface area (Å²) in [5.41, 5.74) is 0.596. The molecule has 0 unspecified atom stereocenters. The standard InChI is InChI=1S/C13H24N4O2/c1-4-6-7-8-9-14-13-12(17(18)19)11(3)15-16(13)10-5-2/h14H,4-10H2,1-3H3. The summed E-state index contributed by atoms with van der Waals surface area (Å²) in [6.07, 6.45) is 5.48. The van der Waals surface area contributed by atoms with Gasteiger partial charge in [-0.05, 0) is 19.8 Å². The topological polar surface area (TPSA) is 73.0 Å². The maximum atomic E-state index is 11.1. The number of aromatic nitrogens is 2. The Labute approximate surface area is 114 Å². The van der Waals surface area contributed by atoms with E-state index in [4.69, 9.17) is 0 Å². The van der Waals surface area contributed by atoms with Gasteiger partial charge in [0.15, 0.2) is 0 Å². The summed E-state index contributed by atoms with van der Waals surface area (Å²) in [4.78, 5) is 10.8. The highest BCUT2D eigenvalue weighted by Gasteiger charge is 2.24. The Morgan fingerprint density at radius 3 is 2.58 bits per heavy atom. The highest BCUT2D eigenvalue weighted by molar-refractivity contribution is 5.59. The van der Waals surface area contributed by atoms with Gasteiger partial charge in [-0.2, -0.15) is 5.10 Å². The fourth-order valence-electron chi connectivity index (χ4n) is 2.10. The van der Waals surface area contributed by atoms with Crippen LogP contribution in [0.15, 0.2) is 0 Å². The molecule has 0 aliphatic rings. The van der Waals surface area contributed by atoms with Crippen LogP contribution in [0.25, 0.3) is 0 Å². The Bertz CT molecular complexity index is 415. The second-order valence-electron chi connectivity index (χ2n) is 4.75. The quantitative estimate of drug-likeness (QED) is 0.422. The molecule has 0 bridgehead atoms. The highest BCUT2D eigenvalue weighted by Crippen LogP contribution is 2.28. The lowest BCUT2D eigenvalue weighted by Gasteiger charge is -2.08. The molecule has 0 aliphatic heterocycles. The molecule has 19 heavy (non-hydrogen) atoms. The predicted molar refractivity (Wildman–Crippen MR) is 76.5 cm³/mol. The van der Waals surface area contributed by atoms with E-state index in [0.717, 1.165) is 25.8 Å². The van der Waals surface area contributed by atoms with Gasteiger partial charge in [0.1, 0.15) is 5.69 Å². The lowest BCUT2D eigenvalue weighted by molar-refractivity contribution is -0.384. The minimum absolute atomic E-state index is 0.115. The van der Waals surface area contributed by atoms with E-state index in [0.29, 0.717) is 18.1 Å². The van der Waals surface area contributed by atoms with Gasteiger partial charge in [0.2, 0.25) is 5.82 Å². The van der Waals surface area contributed by atoms with E-state index in [-0.39, 0.29) is 10.6 Å². The number of nitrogens with zero attached hydrogens (tertiary/aromatic N) is 3. The molecule has 6 heteroatoms. The molecule has 0 atom stereocenters. The molecule has 6 nitrogen and oxygen atoms in total. The summed E-state index contributed by atoms with van der Waals surface area (Å²) in [6, 6.07) is 0. The van der Waals surface area contributed by atoms with E-state index in [2.05, 4.69) is 17.3 Å². The number of anilines is 1. The molecular weight excluding hydrogens is 244 g/mol. The van der Waals surface area contributed by atoms with Crippen LogP contribution in [-0.2, 0) is 6.54 Å². The van der Waals surface area contributed by atoms with Crippen LogP contribution in [0.3, 0.4) is 0 Å². The van der Waals surface area contributed by atoms with Crippen LogP contribution in [0.2, 0.25) is 0 Å². The van der Waals surface area contributed by atoms with Gasteiger partial charge in [-0.25, -0.2) is 4.68 Å². The number of hydrogen-bond acceptors (Lipinski definition) is 4. The van der Waals surface area contributed by atoms with E-state index in [9.17, 15) is 10.1 Å². The fraction of sp³-hybridized carbons (Fsp3) is 0.769. The van der Waals surface area contributed by atoms with Crippen molar-refractivity contribution in [2.24, 2.45) is 0 Å². The first-order chi connectivity index (χ1) is 9.11. The molecule has 1 heterocycles. The van der Waals surface area contributed by atoms with Crippen molar-refractivity contribution in [2.75, 3.05) is 11.9 Å². The molecule has 0 radical (unpaired) electrons. The van der Waals surface area contributed by atoms with E-state index in [1.807, 2.05) is 6.92 Å². The van der Waals surface area contributed by atoms with Crippen molar-refractivity contribution in [2.45, 2.75) is 59.4 Å². The minimum atomic E-state index is -0.344. The largest absolute Gasteiger partial charge is 0.365 e. The zero-order valence-electron chi connectivity index (χ0n) is 12.1. The highest BCUT2D eigenvalue weighted by atomic mass is 16.6. The molecule has 0 spiro atoms.